The van der Waals surface area contributed by atoms with Crippen LogP contribution < -0.4 is 5.32 Å². The number of nitrogens with one attached hydrogen (secondary N) is 1. The molecule has 1 atom stereocenters. The number of likely N-dealkylation sites (tertiary alicyclic amines) is 1. The zero-order valence-corrected chi connectivity index (χ0v) is 15.0. The van der Waals surface area contributed by atoms with Crippen LogP contribution in [-0.2, 0) is 14.3 Å². The average molecular weight is 364 g/mol. The monoisotopic (exact) mass is 364 g/mol. The Balaban J connectivity index is 1.82. The molecule has 1 aromatic carbocycles. The van der Waals surface area contributed by atoms with Crippen LogP contribution in [0.3, 0.4) is 0 Å². The molecule has 1 saturated heterocycles. The molecule has 7 heteroatoms. The van der Waals surface area contributed by atoms with Crippen LogP contribution in [0.15, 0.2) is 24.3 Å². The Hall–Kier alpha value is -2.44. The number of halogens is 1. The highest BCUT2D eigenvalue weighted by Crippen LogP contribution is 2.21. The Morgan fingerprint density at radius 2 is 1.96 bits per heavy atom. The molecule has 1 aliphatic rings. The van der Waals surface area contributed by atoms with Gasteiger partial charge in [0.2, 0.25) is 5.91 Å². The molecule has 2 amide bonds. The van der Waals surface area contributed by atoms with Crippen LogP contribution >= 0.6 is 0 Å². The molecule has 0 saturated carbocycles. The highest BCUT2D eigenvalue weighted by molar-refractivity contribution is 5.94. The number of piperidine rings is 1. The lowest BCUT2D eigenvalue weighted by Crippen LogP contribution is -2.45. The second-order valence-corrected chi connectivity index (χ2v) is 6.26. The minimum absolute atomic E-state index is 0.0848. The summed E-state index contributed by atoms with van der Waals surface area (Å²) in [5.41, 5.74) is 0.344. The summed E-state index contributed by atoms with van der Waals surface area (Å²) >= 11 is 0. The van der Waals surface area contributed by atoms with Crippen molar-refractivity contribution in [2.45, 2.75) is 45.1 Å². The summed E-state index contributed by atoms with van der Waals surface area (Å²) in [6.07, 6.45) is 3.04. The maximum atomic E-state index is 12.9. The molecule has 1 aromatic rings. The fourth-order valence-electron chi connectivity index (χ4n) is 3.08. The van der Waals surface area contributed by atoms with Gasteiger partial charge in [-0.3, -0.25) is 14.4 Å². The molecular weight excluding hydrogens is 339 g/mol. The summed E-state index contributed by atoms with van der Waals surface area (Å²) in [4.78, 5) is 37.9. The first-order valence-electron chi connectivity index (χ1n) is 9.00. The lowest BCUT2D eigenvalue weighted by molar-refractivity contribution is -0.146. The number of carbonyl (C=O) groups excluding carboxylic acids is 3. The maximum absolute atomic E-state index is 12.9. The van der Waals surface area contributed by atoms with Crippen molar-refractivity contribution in [3.8, 4) is 0 Å². The molecule has 1 N–H and O–H groups in total. The van der Waals surface area contributed by atoms with E-state index in [1.165, 1.54) is 24.3 Å². The molecule has 1 fully saturated rings. The van der Waals surface area contributed by atoms with Gasteiger partial charge in [0.15, 0.2) is 0 Å². The number of esters is 1. The maximum Gasteiger partial charge on any atom is 0.307 e. The third-order valence-corrected chi connectivity index (χ3v) is 4.39. The minimum atomic E-state index is -0.408. The average Bonchev–Trinajstić information content (AvgIpc) is 2.62. The third-order valence-electron chi connectivity index (χ3n) is 4.39. The van der Waals surface area contributed by atoms with Gasteiger partial charge in [-0.05, 0) is 50.5 Å². The minimum Gasteiger partial charge on any atom is -0.466 e. The lowest BCUT2D eigenvalue weighted by Gasteiger charge is -2.35. The van der Waals surface area contributed by atoms with Gasteiger partial charge >= 0.3 is 5.97 Å². The number of carbonyl (C=O) groups is 3. The van der Waals surface area contributed by atoms with Gasteiger partial charge in [0.05, 0.1) is 13.0 Å². The first kappa shape index (κ1) is 19.9. The molecule has 2 rings (SSSR count). The van der Waals surface area contributed by atoms with E-state index in [9.17, 15) is 18.8 Å². The molecule has 1 aliphatic heterocycles. The van der Waals surface area contributed by atoms with E-state index in [-0.39, 0.29) is 43.2 Å². The van der Waals surface area contributed by atoms with Gasteiger partial charge in [0, 0.05) is 31.1 Å². The van der Waals surface area contributed by atoms with Crippen molar-refractivity contribution in [2.24, 2.45) is 0 Å². The fourth-order valence-corrected chi connectivity index (χ4v) is 3.08. The van der Waals surface area contributed by atoms with E-state index < -0.39 is 5.82 Å². The number of nitrogens with zero attached hydrogens (tertiary/aromatic N) is 1. The molecule has 0 spiro atoms. The number of ether oxygens (including phenoxy) is 1. The number of amides is 2. The van der Waals surface area contributed by atoms with Gasteiger partial charge in [-0.25, -0.2) is 4.39 Å². The fraction of sp³-hybridized carbons (Fsp3) is 0.526. The summed E-state index contributed by atoms with van der Waals surface area (Å²) in [5.74, 6) is -1.13. The Bertz CT molecular complexity index is 633. The molecule has 6 nitrogen and oxygen atoms in total. The molecule has 1 heterocycles. The van der Waals surface area contributed by atoms with Crippen molar-refractivity contribution in [2.75, 3.05) is 19.7 Å². The first-order valence-corrected chi connectivity index (χ1v) is 9.00. The van der Waals surface area contributed by atoms with Crippen molar-refractivity contribution in [1.29, 1.82) is 0 Å². The predicted octanol–water partition coefficient (Wildman–Crippen LogP) is 2.28. The van der Waals surface area contributed by atoms with Gasteiger partial charge in [0.1, 0.15) is 5.82 Å². The van der Waals surface area contributed by atoms with Gasteiger partial charge < -0.3 is 15.0 Å². The normalized spacial score (nSPS) is 16.8. The second-order valence-electron chi connectivity index (χ2n) is 6.26. The summed E-state index contributed by atoms with van der Waals surface area (Å²) in [6.45, 7) is 2.90. The van der Waals surface area contributed by atoms with E-state index in [0.29, 0.717) is 18.7 Å². The summed E-state index contributed by atoms with van der Waals surface area (Å²) in [6, 6.07) is 5.09. The Morgan fingerprint density at radius 1 is 1.23 bits per heavy atom. The number of rotatable bonds is 7. The van der Waals surface area contributed by atoms with E-state index in [0.717, 1.165) is 19.3 Å². The summed E-state index contributed by atoms with van der Waals surface area (Å²) in [5, 5.41) is 2.66. The molecule has 0 radical (unpaired) electrons. The number of hydrogen-bond acceptors (Lipinski definition) is 4. The van der Waals surface area contributed by atoms with Crippen LogP contribution in [0.1, 0.15) is 49.4 Å². The first-order chi connectivity index (χ1) is 12.5. The van der Waals surface area contributed by atoms with E-state index in [1.807, 2.05) is 0 Å². The van der Waals surface area contributed by atoms with Crippen LogP contribution in [-0.4, -0.2) is 48.4 Å². The van der Waals surface area contributed by atoms with Crippen molar-refractivity contribution in [1.82, 2.24) is 10.2 Å². The standard InChI is InChI=1S/C19H25FN2O4/c1-2-26-18(24)13-16-5-3-4-12-22(16)17(23)10-11-21-19(25)14-6-8-15(20)9-7-14/h6-9,16H,2-5,10-13H2,1H3,(H,21,25)/t16-/m1/s1. The molecule has 26 heavy (non-hydrogen) atoms. The van der Waals surface area contributed by atoms with Crippen LogP contribution in [0.2, 0.25) is 0 Å². The van der Waals surface area contributed by atoms with Crippen LogP contribution in [0.25, 0.3) is 0 Å². The van der Waals surface area contributed by atoms with Crippen molar-refractivity contribution >= 4 is 17.8 Å². The van der Waals surface area contributed by atoms with Gasteiger partial charge in [0.25, 0.3) is 5.91 Å². The largest absolute Gasteiger partial charge is 0.466 e. The summed E-state index contributed by atoms with van der Waals surface area (Å²) in [7, 11) is 0. The zero-order valence-electron chi connectivity index (χ0n) is 15.0. The van der Waals surface area contributed by atoms with E-state index in [1.54, 1.807) is 11.8 Å². The van der Waals surface area contributed by atoms with E-state index in [2.05, 4.69) is 5.32 Å². The van der Waals surface area contributed by atoms with Gasteiger partial charge in [-0.1, -0.05) is 0 Å². The third kappa shape index (κ3) is 5.82. The zero-order chi connectivity index (χ0) is 18.9. The van der Waals surface area contributed by atoms with E-state index in [4.69, 9.17) is 4.74 Å². The van der Waals surface area contributed by atoms with Crippen LogP contribution in [0, 0.1) is 5.82 Å². The number of benzene rings is 1. The molecule has 0 bridgehead atoms. The van der Waals surface area contributed by atoms with Crippen molar-refractivity contribution in [3.05, 3.63) is 35.6 Å². The smallest absolute Gasteiger partial charge is 0.307 e. The predicted molar refractivity (Wildman–Crippen MR) is 94.0 cm³/mol. The Kier molecular flexibility index (Phi) is 7.56. The molecule has 142 valence electrons. The lowest BCUT2D eigenvalue weighted by atomic mass is 9.99. The molecule has 0 unspecified atom stereocenters. The summed E-state index contributed by atoms with van der Waals surface area (Å²) < 4.78 is 17.9. The number of hydrogen-bond donors (Lipinski definition) is 1. The quantitative estimate of drug-likeness (QED) is 0.753. The van der Waals surface area contributed by atoms with Crippen LogP contribution in [0.5, 0.6) is 0 Å². The topological polar surface area (TPSA) is 75.7 Å². The Morgan fingerprint density at radius 3 is 2.65 bits per heavy atom. The van der Waals surface area contributed by atoms with Crippen molar-refractivity contribution < 1.29 is 23.5 Å². The van der Waals surface area contributed by atoms with Crippen LogP contribution in [0.4, 0.5) is 4.39 Å². The van der Waals surface area contributed by atoms with Crippen molar-refractivity contribution in [3.63, 3.8) is 0 Å². The molecule has 0 aliphatic carbocycles. The Labute approximate surface area is 152 Å². The van der Waals surface area contributed by atoms with Gasteiger partial charge in [-0.2, -0.15) is 0 Å². The van der Waals surface area contributed by atoms with E-state index >= 15 is 0 Å². The molecular formula is C19H25FN2O4. The highest BCUT2D eigenvalue weighted by atomic mass is 19.1. The van der Waals surface area contributed by atoms with Gasteiger partial charge in [-0.15, -0.1) is 0 Å². The SMILES string of the molecule is CCOC(=O)C[C@H]1CCCCN1C(=O)CCNC(=O)c1ccc(F)cc1. The second kappa shape index (κ2) is 9.89. The highest BCUT2D eigenvalue weighted by Gasteiger charge is 2.28. The molecule has 0 aromatic heterocycles.